The molecule has 0 atom stereocenters. The molecule has 0 aliphatic carbocycles. The number of anilines is 2. The van der Waals surface area contributed by atoms with E-state index in [9.17, 15) is 9.59 Å². The smallest absolute Gasteiger partial charge is 0.349 e. The molecule has 0 saturated carbocycles. The van der Waals surface area contributed by atoms with Crippen LogP contribution in [0.1, 0.15) is 17.3 Å². The Morgan fingerprint density at radius 1 is 1.15 bits per heavy atom. The Morgan fingerprint density at radius 3 is 2.65 bits per heavy atom. The van der Waals surface area contributed by atoms with E-state index in [1.807, 2.05) is 30.3 Å². The lowest BCUT2D eigenvalue weighted by Gasteiger charge is -2.21. The number of carbonyl (C=O) groups is 2. The monoisotopic (exact) mass is 365 g/mol. The lowest BCUT2D eigenvalue weighted by atomic mass is 10.2. The molecule has 0 unspecified atom stereocenters. The lowest BCUT2D eigenvalue weighted by Crippen LogP contribution is -2.25. The van der Waals surface area contributed by atoms with Crippen molar-refractivity contribution >= 4 is 35.0 Å². The Morgan fingerprint density at radius 2 is 1.92 bits per heavy atom. The van der Waals surface area contributed by atoms with Gasteiger partial charge < -0.3 is 4.74 Å². The van der Waals surface area contributed by atoms with Crippen LogP contribution in [0.3, 0.4) is 0 Å². The molecule has 1 aliphatic heterocycles. The van der Waals surface area contributed by atoms with Gasteiger partial charge in [0.2, 0.25) is 5.91 Å². The van der Waals surface area contributed by atoms with E-state index < -0.39 is 5.97 Å². The standard InChI is InChI=1S/C19H12ClN3O3/c1-11(24)23-15-9-13(20)7-8-16(15)26-19(25)14-10-21-17(22-18(14)23)12-5-3-2-4-6-12/h2-10H,1H3. The van der Waals surface area contributed by atoms with Gasteiger partial charge in [-0.3, -0.25) is 9.69 Å². The number of hydrogen-bond donors (Lipinski definition) is 0. The van der Waals surface area contributed by atoms with Gasteiger partial charge in [-0.25, -0.2) is 14.8 Å². The van der Waals surface area contributed by atoms with Crippen LogP contribution in [0.2, 0.25) is 5.02 Å². The van der Waals surface area contributed by atoms with Crippen molar-refractivity contribution in [1.29, 1.82) is 0 Å². The van der Waals surface area contributed by atoms with Crippen LogP contribution in [0.15, 0.2) is 54.7 Å². The highest BCUT2D eigenvalue weighted by molar-refractivity contribution is 6.31. The summed E-state index contributed by atoms with van der Waals surface area (Å²) in [6.07, 6.45) is 1.37. The van der Waals surface area contributed by atoms with Gasteiger partial charge in [0, 0.05) is 23.7 Å². The van der Waals surface area contributed by atoms with E-state index in [1.165, 1.54) is 18.0 Å². The summed E-state index contributed by atoms with van der Waals surface area (Å²) in [6, 6.07) is 14.0. The molecule has 7 heteroatoms. The second-order valence-electron chi connectivity index (χ2n) is 5.65. The summed E-state index contributed by atoms with van der Waals surface area (Å²) in [6.45, 7) is 1.38. The number of ether oxygens (including phenoxy) is 1. The highest BCUT2D eigenvalue weighted by Crippen LogP contribution is 2.40. The van der Waals surface area contributed by atoms with Crippen LogP contribution in [0, 0.1) is 0 Å². The summed E-state index contributed by atoms with van der Waals surface area (Å²) in [5, 5.41) is 0.409. The Kier molecular flexibility index (Phi) is 3.89. The van der Waals surface area contributed by atoms with E-state index >= 15 is 0 Å². The second kappa shape index (κ2) is 6.24. The normalized spacial score (nSPS) is 12.7. The van der Waals surface area contributed by atoms with Crippen molar-refractivity contribution in [3.8, 4) is 17.1 Å². The number of aromatic nitrogens is 2. The van der Waals surface area contributed by atoms with Crippen LogP contribution in [0.4, 0.5) is 11.5 Å². The van der Waals surface area contributed by atoms with E-state index in [-0.39, 0.29) is 23.0 Å². The van der Waals surface area contributed by atoms with Gasteiger partial charge in [-0.2, -0.15) is 0 Å². The molecule has 0 N–H and O–H groups in total. The van der Waals surface area contributed by atoms with Crippen LogP contribution in [0.5, 0.6) is 5.75 Å². The molecule has 1 aliphatic rings. The number of benzene rings is 2. The minimum atomic E-state index is -0.632. The average Bonchev–Trinajstić information content (AvgIpc) is 2.75. The van der Waals surface area contributed by atoms with Crippen molar-refractivity contribution in [3.05, 3.63) is 65.3 Å². The highest BCUT2D eigenvalue weighted by atomic mass is 35.5. The number of rotatable bonds is 1. The number of hydrogen-bond acceptors (Lipinski definition) is 5. The molecular weight excluding hydrogens is 354 g/mol. The van der Waals surface area contributed by atoms with E-state index in [0.717, 1.165) is 5.56 Å². The first kappa shape index (κ1) is 16.2. The van der Waals surface area contributed by atoms with Crippen LogP contribution in [-0.4, -0.2) is 21.8 Å². The zero-order valence-electron chi connectivity index (χ0n) is 13.6. The minimum Gasteiger partial charge on any atom is -0.421 e. The third-order valence-electron chi connectivity index (χ3n) is 3.91. The Hall–Kier alpha value is -3.25. The number of fused-ring (bicyclic) bond motifs is 2. The quantitative estimate of drug-likeness (QED) is 0.481. The summed E-state index contributed by atoms with van der Waals surface area (Å²) in [5.74, 6) is -0.169. The third-order valence-corrected chi connectivity index (χ3v) is 4.15. The molecule has 0 fully saturated rings. The Balaban J connectivity index is 1.97. The van der Waals surface area contributed by atoms with Gasteiger partial charge in [0.05, 0.1) is 5.69 Å². The summed E-state index contributed by atoms with van der Waals surface area (Å²) in [7, 11) is 0. The predicted molar refractivity (Wildman–Crippen MR) is 96.7 cm³/mol. The number of esters is 1. The summed E-state index contributed by atoms with van der Waals surface area (Å²) in [5.41, 5.74) is 1.23. The zero-order valence-corrected chi connectivity index (χ0v) is 14.4. The molecule has 0 radical (unpaired) electrons. The molecule has 0 spiro atoms. The summed E-state index contributed by atoms with van der Waals surface area (Å²) >= 11 is 6.08. The van der Waals surface area contributed by atoms with Crippen LogP contribution in [0.25, 0.3) is 11.4 Å². The van der Waals surface area contributed by atoms with E-state index in [2.05, 4.69) is 9.97 Å². The van der Waals surface area contributed by atoms with Crippen molar-refractivity contribution in [1.82, 2.24) is 9.97 Å². The summed E-state index contributed by atoms with van der Waals surface area (Å²) < 4.78 is 5.39. The van der Waals surface area contributed by atoms with Crippen LogP contribution < -0.4 is 9.64 Å². The van der Waals surface area contributed by atoms with Gasteiger partial charge in [-0.15, -0.1) is 0 Å². The number of carbonyl (C=O) groups excluding carboxylic acids is 2. The maximum absolute atomic E-state index is 12.5. The Bertz CT molecular complexity index is 1040. The van der Waals surface area contributed by atoms with E-state index in [4.69, 9.17) is 16.3 Å². The van der Waals surface area contributed by atoms with Crippen molar-refractivity contribution in [3.63, 3.8) is 0 Å². The number of nitrogens with zero attached hydrogens (tertiary/aromatic N) is 3. The average molecular weight is 366 g/mol. The van der Waals surface area contributed by atoms with Gasteiger partial charge in [0.15, 0.2) is 17.4 Å². The first-order chi connectivity index (χ1) is 12.5. The molecule has 0 bridgehead atoms. The second-order valence-corrected chi connectivity index (χ2v) is 6.09. The van der Waals surface area contributed by atoms with Crippen LogP contribution in [-0.2, 0) is 4.79 Å². The van der Waals surface area contributed by atoms with Gasteiger partial charge in [0.25, 0.3) is 0 Å². The van der Waals surface area contributed by atoms with Gasteiger partial charge in [0.1, 0.15) is 5.56 Å². The largest absolute Gasteiger partial charge is 0.421 e. The minimum absolute atomic E-state index is 0.104. The Labute approximate surface area is 154 Å². The van der Waals surface area contributed by atoms with Crippen molar-refractivity contribution in [2.45, 2.75) is 6.92 Å². The lowest BCUT2D eigenvalue weighted by molar-refractivity contribution is -0.115. The first-order valence-corrected chi connectivity index (χ1v) is 8.17. The molecule has 6 nitrogen and oxygen atoms in total. The fraction of sp³-hybridized carbons (Fsp3) is 0.0526. The molecule has 1 aromatic heterocycles. The maximum atomic E-state index is 12.5. The first-order valence-electron chi connectivity index (χ1n) is 7.79. The molecule has 26 heavy (non-hydrogen) atoms. The maximum Gasteiger partial charge on any atom is 0.349 e. The molecule has 128 valence electrons. The molecule has 3 aromatic rings. The summed E-state index contributed by atoms with van der Waals surface area (Å²) in [4.78, 5) is 34.9. The fourth-order valence-corrected chi connectivity index (χ4v) is 2.92. The van der Waals surface area contributed by atoms with Gasteiger partial charge in [-0.05, 0) is 18.2 Å². The molecule has 4 rings (SSSR count). The highest BCUT2D eigenvalue weighted by Gasteiger charge is 2.31. The number of amides is 1. The van der Waals surface area contributed by atoms with Crippen molar-refractivity contribution < 1.29 is 14.3 Å². The van der Waals surface area contributed by atoms with Crippen molar-refractivity contribution in [2.75, 3.05) is 4.90 Å². The third kappa shape index (κ3) is 2.70. The zero-order chi connectivity index (χ0) is 18.3. The van der Waals surface area contributed by atoms with E-state index in [0.29, 0.717) is 16.5 Å². The fourth-order valence-electron chi connectivity index (χ4n) is 2.75. The SMILES string of the molecule is CC(=O)N1c2cc(Cl)ccc2OC(=O)c2cnc(-c3ccccc3)nc21. The number of halogens is 1. The van der Waals surface area contributed by atoms with Gasteiger partial charge >= 0.3 is 5.97 Å². The molecule has 0 saturated heterocycles. The van der Waals surface area contributed by atoms with Crippen molar-refractivity contribution in [2.24, 2.45) is 0 Å². The predicted octanol–water partition coefficient (Wildman–Crippen LogP) is 4.01. The molecule has 2 aromatic carbocycles. The topological polar surface area (TPSA) is 72.4 Å². The molecule has 1 amide bonds. The van der Waals surface area contributed by atoms with Gasteiger partial charge in [-0.1, -0.05) is 41.9 Å². The molecule has 2 heterocycles. The molecular formula is C19H12ClN3O3. The van der Waals surface area contributed by atoms with Crippen LogP contribution >= 0.6 is 11.6 Å². The van der Waals surface area contributed by atoms with E-state index in [1.54, 1.807) is 18.2 Å².